The van der Waals surface area contributed by atoms with Gasteiger partial charge in [-0.15, -0.1) is 11.8 Å². The fourth-order valence-electron chi connectivity index (χ4n) is 3.20. The van der Waals surface area contributed by atoms with Crippen molar-refractivity contribution in [3.63, 3.8) is 0 Å². The molecule has 114 valence electrons. The van der Waals surface area contributed by atoms with Crippen molar-refractivity contribution < 1.29 is 4.74 Å². The van der Waals surface area contributed by atoms with Crippen LogP contribution in [0, 0.1) is 0 Å². The molecule has 0 bridgehead atoms. The monoisotopic (exact) mass is 310 g/mol. The third-order valence-electron chi connectivity index (χ3n) is 4.28. The van der Waals surface area contributed by atoms with Crippen LogP contribution in [0.3, 0.4) is 0 Å². The normalized spacial score (nSPS) is 19.6. The summed E-state index contributed by atoms with van der Waals surface area (Å²) in [4.78, 5) is 1.30. The minimum absolute atomic E-state index is 0.189. The van der Waals surface area contributed by atoms with E-state index in [0.717, 1.165) is 6.42 Å². The van der Waals surface area contributed by atoms with Crippen molar-refractivity contribution >= 4 is 11.8 Å². The fraction of sp³-hybridized carbons (Fsp3) is 0.300. The van der Waals surface area contributed by atoms with Crippen LogP contribution in [0.25, 0.3) is 0 Å². The summed E-state index contributed by atoms with van der Waals surface area (Å²) in [5, 5.41) is 0. The summed E-state index contributed by atoms with van der Waals surface area (Å²) in [6.45, 7) is 4.35. The quantitative estimate of drug-likeness (QED) is 0.697. The van der Waals surface area contributed by atoms with E-state index in [-0.39, 0.29) is 5.60 Å². The molecule has 0 saturated carbocycles. The molecule has 1 aliphatic rings. The second-order valence-corrected chi connectivity index (χ2v) is 7.16. The number of hydrogen-bond donors (Lipinski definition) is 0. The average molecular weight is 310 g/mol. The molecule has 1 nitrogen and oxygen atoms in total. The molecule has 2 heteroatoms. The number of hydrogen-bond acceptors (Lipinski definition) is 2. The van der Waals surface area contributed by atoms with Gasteiger partial charge in [0.05, 0.1) is 6.26 Å². The number of rotatable bonds is 4. The van der Waals surface area contributed by atoms with Gasteiger partial charge in [-0.3, -0.25) is 0 Å². The first-order valence-electron chi connectivity index (χ1n) is 7.65. The summed E-state index contributed by atoms with van der Waals surface area (Å²) in [7, 11) is 0. The second-order valence-electron chi connectivity index (χ2n) is 6.28. The Morgan fingerprint density at radius 1 is 1.00 bits per heavy atom. The Kier molecular flexibility index (Phi) is 4.30. The van der Waals surface area contributed by atoms with Crippen LogP contribution in [0.4, 0.5) is 0 Å². The lowest BCUT2D eigenvalue weighted by atomic mass is 9.79. The molecule has 0 fully saturated rings. The van der Waals surface area contributed by atoms with E-state index in [1.165, 1.54) is 21.6 Å². The first-order valence-corrected chi connectivity index (χ1v) is 8.87. The molecular weight excluding hydrogens is 288 g/mol. The van der Waals surface area contributed by atoms with Crippen LogP contribution in [0.5, 0.6) is 0 Å². The van der Waals surface area contributed by atoms with Crippen molar-refractivity contribution in [3.05, 3.63) is 77.6 Å². The predicted molar refractivity (Wildman–Crippen MR) is 94.4 cm³/mol. The maximum Gasteiger partial charge on any atom is 0.113 e. The summed E-state index contributed by atoms with van der Waals surface area (Å²) in [5.74, 6) is 0.309. The third kappa shape index (κ3) is 3.07. The molecule has 1 unspecified atom stereocenters. The fourth-order valence-corrected chi connectivity index (χ4v) is 3.61. The summed E-state index contributed by atoms with van der Waals surface area (Å²) in [5.41, 5.74) is 3.83. The highest BCUT2D eigenvalue weighted by molar-refractivity contribution is 7.98. The van der Waals surface area contributed by atoms with Gasteiger partial charge in [-0.25, -0.2) is 0 Å². The van der Waals surface area contributed by atoms with Crippen LogP contribution in [0.15, 0.2) is 71.3 Å². The van der Waals surface area contributed by atoms with Gasteiger partial charge in [-0.05, 0) is 55.4 Å². The average Bonchev–Trinajstić information content (AvgIpc) is 2.83. The van der Waals surface area contributed by atoms with E-state index in [4.69, 9.17) is 4.74 Å². The van der Waals surface area contributed by atoms with Crippen molar-refractivity contribution in [2.24, 2.45) is 0 Å². The minimum Gasteiger partial charge on any atom is -0.495 e. The van der Waals surface area contributed by atoms with Crippen molar-refractivity contribution in [1.82, 2.24) is 0 Å². The van der Waals surface area contributed by atoms with Crippen molar-refractivity contribution in [2.75, 3.05) is 6.26 Å². The van der Waals surface area contributed by atoms with E-state index in [1.54, 1.807) is 11.8 Å². The SMILES string of the molecule is CSc1ccc(C2C(Cc3ccccc3)=COC2(C)C)cc1. The Balaban J connectivity index is 1.89. The summed E-state index contributed by atoms with van der Waals surface area (Å²) in [6.07, 6.45) is 5.03. The zero-order valence-electron chi connectivity index (χ0n) is 13.4. The Bertz CT molecular complexity index is 656. The van der Waals surface area contributed by atoms with E-state index in [0.29, 0.717) is 5.92 Å². The highest BCUT2D eigenvalue weighted by Gasteiger charge is 2.39. The van der Waals surface area contributed by atoms with Gasteiger partial charge >= 0.3 is 0 Å². The van der Waals surface area contributed by atoms with Crippen molar-refractivity contribution in [3.8, 4) is 0 Å². The van der Waals surface area contributed by atoms with Gasteiger partial charge in [-0.1, -0.05) is 42.5 Å². The van der Waals surface area contributed by atoms with Crippen LogP contribution in [-0.2, 0) is 11.2 Å². The van der Waals surface area contributed by atoms with Crippen LogP contribution < -0.4 is 0 Å². The molecule has 1 heterocycles. The molecule has 0 spiro atoms. The zero-order valence-corrected chi connectivity index (χ0v) is 14.2. The largest absolute Gasteiger partial charge is 0.495 e. The van der Waals surface area contributed by atoms with E-state index in [9.17, 15) is 0 Å². The topological polar surface area (TPSA) is 9.23 Å². The van der Waals surface area contributed by atoms with Gasteiger partial charge in [0.1, 0.15) is 5.60 Å². The number of thioether (sulfide) groups is 1. The smallest absolute Gasteiger partial charge is 0.113 e. The van der Waals surface area contributed by atoms with Crippen LogP contribution in [0.2, 0.25) is 0 Å². The van der Waals surface area contributed by atoms with Gasteiger partial charge < -0.3 is 4.74 Å². The lowest BCUT2D eigenvalue weighted by Gasteiger charge is -2.29. The van der Waals surface area contributed by atoms with Crippen LogP contribution >= 0.6 is 11.8 Å². The first-order chi connectivity index (χ1) is 10.6. The van der Waals surface area contributed by atoms with Gasteiger partial charge in [0.25, 0.3) is 0 Å². The maximum absolute atomic E-state index is 5.98. The molecule has 1 atom stereocenters. The molecular formula is C20H22OS. The van der Waals surface area contributed by atoms with Gasteiger partial charge in [0.2, 0.25) is 0 Å². The van der Waals surface area contributed by atoms with E-state index in [2.05, 4.69) is 74.7 Å². The molecule has 0 radical (unpaired) electrons. The number of ether oxygens (including phenoxy) is 1. The molecule has 0 aromatic heterocycles. The zero-order chi connectivity index (χ0) is 15.6. The lowest BCUT2D eigenvalue weighted by molar-refractivity contribution is 0.0674. The van der Waals surface area contributed by atoms with Crippen molar-refractivity contribution in [2.45, 2.75) is 36.7 Å². The molecule has 0 aliphatic carbocycles. The van der Waals surface area contributed by atoms with Gasteiger partial charge in [-0.2, -0.15) is 0 Å². The Labute approximate surface area is 137 Å². The van der Waals surface area contributed by atoms with E-state index < -0.39 is 0 Å². The molecule has 0 N–H and O–H groups in total. The second kappa shape index (κ2) is 6.21. The highest BCUT2D eigenvalue weighted by Crippen LogP contribution is 2.44. The molecule has 2 aromatic carbocycles. The Morgan fingerprint density at radius 2 is 1.68 bits per heavy atom. The van der Waals surface area contributed by atoms with Crippen LogP contribution in [0.1, 0.15) is 30.9 Å². The standard InChI is InChI=1S/C20H22OS/c1-20(2)19(16-9-11-18(22-3)12-10-16)17(14-21-20)13-15-7-5-4-6-8-15/h4-12,14,19H,13H2,1-3H3. The third-order valence-corrected chi connectivity index (χ3v) is 5.02. The highest BCUT2D eigenvalue weighted by atomic mass is 32.2. The Morgan fingerprint density at radius 3 is 2.32 bits per heavy atom. The summed E-state index contributed by atoms with van der Waals surface area (Å²) < 4.78 is 5.98. The van der Waals surface area contributed by atoms with Gasteiger partial charge in [0.15, 0.2) is 0 Å². The Hall–Kier alpha value is -1.67. The summed E-state index contributed by atoms with van der Waals surface area (Å²) >= 11 is 1.78. The molecule has 2 aromatic rings. The van der Waals surface area contributed by atoms with Gasteiger partial charge in [0, 0.05) is 10.8 Å². The lowest BCUT2D eigenvalue weighted by Crippen LogP contribution is -2.28. The minimum atomic E-state index is -0.189. The maximum atomic E-state index is 5.98. The molecule has 3 rings (SSSR count). The predicted octanol–water partition coefficient (Wildman–Crippen LogP) is 5.43. The molecule has 22 heavy (non-hydrogen) atoms. The van der Waals surface area contributed by atoms with E-state index in [1.807, 2.05) is 6.26 Å². The first kappa shape index (κ1) is 15.2. The molecule has 1 aliphatic heterocycles. The van der Waals surface area contributed by atoms with E-state index >= 15 is 0 Å². The molecule has 0 amide bonds. The van der Waals surface area contributed by atoms with Crippen LogP contribution in [-0.4, -0.2) is 11.9 Å². The molecule has 0 saturated heterocycles. The van der Waals surface area contributed by atoms with Crippen molar-refractivity contribution in [1.29, 1.82) is 0 Å². The summed E-state index contributed by atoms with van der Waals surface area (Å²) in [6, 6.07) is 19.5. The number of benzene rings is 2.